The maximum Gasteiger partial charge on any atom is 0.238 e. The molecule has 18 heavy (non-hydrogen) atoms. The van der Waals surface area contributed by atoms with Crippen LogP contribution in [0.4, 0.5) is 0 Å². The summed E-state index contributed by atoms with van der Waals surface area (Å²) in [6.45, 7) is 7.21. The zero-order valence-corrected chi connectivity index (χ0v) is 11.1. The minimum Gasteiger partial charge on any atom is -0.461 e. The fourth-order valence-corrected chi connectivity index (χ4v) is 1.76. The molecule has 5 heteroatoms. The average Bonchev–Trinajstić information content (AvgIpc) is 2.95. The Labute approximate surface area is 107 Å². The lowest BCUT2D eigenvalue weighted by molar-refractivity contribution is 0.361. The van der Waals surface area contributed by atoms with Crippen LogP contribution in [0.25, 0.3) is 11.6 Å². The van der Waals surface area contributed by atoms with E-state index in [4.69, 9.17) is 8.94 Å². The smallest absolute Gasteiger partial charge is 0.238 e. The van der Waals surface area contributed by atoms with Gasteiger partial charge in [-0.2, -0.15) is 4.98 Å². The molecule has 2 aromatic heterocycles. The molecule has 0 saturated heterocycles. The highest BCUT2D eigenvalue weighted by Gasteiger charge is 2.15. The maximum absolute atomic E-state index is 5.33. The van der Waals surface area contributed by atoms with E-state index in [0.29, 0.717) is 23.5 Å². The Kier molecular flexibility index (Phi) is 4.15. The predicted octanol–water partition coefficient (Wildman–Crippen LogP) is 2.57. The number of aryl methyl sites for hydroxylation is 1. The van der Waals surface area contributed by atoms with Crippen molar-refractivity contribution in [1.82, 2.24) is 15.5 Å². The van der Waals surface area contributed by atoms with Gasteiger partial charge in [-0.15, -0.1) is 0 Å². The molecule has 0 spiro atoms. The molecule has 2 aromatic rings. The molecule has 0 bridgehead atoms. The quantitative estimate of drug-likeness (QED) is 0.852. The Morgan fingerprint density at radius 2 is 2.28 bits per heavy atom. The lowest BCUT2D eigenvalue weighted by Gasteiger charge is -2.09. The Morgan fingerprint density at radius 3 is 2.94 bits per heavy atom. The Bertz CT molecular complexity index is 490. The van der Waals surface area contributed by atoms with Gasteiger partial charge in [-0.05, 0) is 38.4 Å². The van der Waals surface area contributed by atoms with Gasteiger partial charge < -0.3 is 14.3 Å². The van der Waals surface area contributed by atoms with E-state index in [1.165, 1.54) is 0 Å². The van der Waals surface area contributed by atoms with Gasteiger partial charge in [-0.1, -0.05) is 12.1 Å². The molecule has 0 aliphatic carbocycles. The van der Waals surface area contributed by atoms with Crippen LogP contribution in [0.3, 0.4) is 0 Å². The summed E-state index contributed by atoms with van der Waals surface area (Å²) in [5, 5.41) is 7.33. The lowest BCUT2D eigenvalue weighted by Crippen LogP contribution is -2.28. The second kappa shape index (κ2) is 5.82. The van der Waals surface area contributed by atoms with Gasteiger partial charge in [0.25, 0.3) is 0 Å². The number of rotatable bonds is 6. The molecule has 0 radical (unpaired) electrons. The molecule has 98 valence electrons. The van der Waals surface area contributed by atoms with Crippen LogP contribution in [-0.4, -0.2) is 22.7 Å². The van der Waals surface area contributed by atoms with Crippen molar-refractivity contribution in [3.63, 3.8) is 0 Å². The summed E-state index contributed by atoms with van der Waals surface area (Å²) in [6, 6.07) is 2.22. The third-order valence-corrected chi connectivity index (χ3v) is 2.76. The van der Waals surface area contributed by atoms with Crippen LogP contribution in [-0.2, 0) is 6.42 Å². The average molecular weight is 249 g/mol. The molecule has 0 aliphatic heterocycles. The number of nitrogens with one attached hydrogen (secondary N) is 1. The van der Waals surface area contributed by atoms with Crippen LogP contribution in [0.2, 0.25) is 0 Å². The van der Waals surface area contributed by atoms with E-state index in [0.717, 1.165) is 24.9 Å². The lowest BCUT2D eigenvalue weighted by atomic mass is 10.2. The molecule has 2 rings (SSSR count). The number of nitrogens with zero attached hydrogens (tertiary/aromatic N) is 2. The summed E-state index contributed by atoms with van der Waals surface area (Å²) in [5.74, 6) is 1.84. The topological polar surface area (TPSA) is 64.1 Å². The summed E-state index contributed by atoms with van der Waals surface area (Å²) in [5.41, 5.74) is 1.01. The molecule has 2 heterocycles. The summed E-state index contributed by atoms with van der Waals surface area (Å²) in [7, 11) is 0. The first-order valence-electron chi connectivity index (χ1n) is 6.31. The SMILES string of the molecule is CCCNC(C)Cc1nc(-c2occc2C)no1. The fourth-order valence-electron chi connectivity index (χ4n) is 1.76. The zero-order chi connectivity index (χ0) is 13.0. The highest BCUT2D eigenvalue weighted by molar-refractivity contribution is 5.50. The first-order chi connectivity index (χ1) is 8.70. The van der Waals surface area contributed by atoms with Crippen molar-refractivity contribution in [2.75, 3.05) is 6.54 Å². The summed E-state index contributed by atoms with van der Waals surface area (Å²) in [4.78, 5) is 4.35. The molecular weight excluding hydrogens is 230 g/mol. The predicted molar refractivity (Wildman–Crippen MR) is 68.2 cm³/mol. The van der Waals surface area contributed by atoms with E-state index >= 15 is 0 Å². The molecule has 1 N–H and O–H groups in total. The molecule has 0 aromatic carbocycles. The minimum absolute atomic E-state index is 0.330. The normalized spacial score (nSPS) is 12.8. The first kappa shape index (κ1) is 12.8. The van der Waals surface area contributed by atoms with Crippen molar-refractivity contribution >= 4 is 0 Å². The van der Waals surface area contributed by atoms with E-state index < -0.39 is 0 Å². The van der Waals surface area contributed by atoms with E-state index in [-0.39, 0.29) is 0 Å². The van der Waals surface area contributed by atoms with Crippen LogP contribution in [0.1, 0.15) is 31.7 Å². The molecule has 1 atom stereocenters. The molecule has 0 fully saturated rings. The van der Waals surface area contributed by atoms with Crippen molar-refractivity contribution in [1.29, 1.82) is 0 Å². The monoisotopic (exact) mass is 249 g/mol. The molecule has 1 unspecified atom stereocenters. The third kappa shape index (κ3) is 2.98. The van der Waals surface area contributed by atoms with Crippen molar-refractivity contribution in [3.8, 4) is 11.6 Å². The number of hydrogen-bond donors (Lipinski definition) is 1. The summed E-state index contributed by atoms with van der Waals surface area (Å²) < 4.78 is 10.6. The van der Waals surface area contributed by atoms with Gasteiger partial charge in [-0.25, -0.2) is 0 Å². The number of furan rings is 1. The van der Waals surface area contributed by atoms with Crippen molar-refractivity contribution < 1.29 is 8.94 Å². The van der Waals surface area contributed by atoms with Gasteiger partial charge in [0, 0.05) is 12.5 Å². The fraction of sp³-hybridized carbons (Fsp3) is 0.538. The van der Waals surface area contributed by atoms with Crippen molar-refractivity contribution in [3.05, 3.63) is 23.8 Å². The molecule has 0 aliphatic rings. The van der Waals surface area contributed by atoms with Crippen molar-refractivity contribution in [2.45, 2.75) is 39.7 Å². The molecule has 0 saturated carbocycles. The largest absolute Gasteiger partial charge is 0.461 e. The third-order valence-electron chi connectivity index (χ3n) is 2.76. The second-order valence-electron chi connectivity index (χ2n) is 4.50. The molecule has 5 nitrogen and oxygen atoms in total. The Morgan fingerprint density at radius 1 is 1.44 bits per heavy atom. The first-order valence-corrected chi connectivity index (χ1v) is 6.31. The van der Waals surface area contributed by atoms with E-state index in [1.54, 1.807) is 6.26 Å². The maximum atomic E-state index is 5.33. The van der Waals surface area contributed by atoms with Crippen LogP contribution in [0, 0.1) is 6.92 Å². The van der Waals surface area contributed by atoms with E-state index in [2.05, 4.69) is 29.3 Å². The number of hydrogen-bond acceptors (Lipinski definition) is 5. The highest BCUT2D eigenvalue weighted by Crippen LogP contribution is 2.21. The number of aromatic nitrogens is 2. The summed E-state index contributed by atoms with van der Waals surface area (Å²) >= 11 is 0. The van der Waals surface area contributed by atoms with Crippen molar-refractivity contribution in [2.24, 2.45) is 0 Å². The van der Waals surface area contributed by atoms with Crippen LogP contribution < -0.4 is 5.32 Å². The van der Waals surface area contributed by atoms with Gasteiger partial charge in [-0.3, -0.25) is 0 Å². The van der Waals surface area contributed by atoms with Gasteiger partial charge in [0.15, 0.2) is 5.76 Å². The van der Waals surface area contributed by atoms with Crippen LogP contribution in [0.5, 0.6) is 0 Å². The van der Waals surface area contributed by atoms with E-state index in [1.807, 2.05) is 13.0 Å². The highest BCUT2D eigenvalue weighted by atomic mass is 16.5. The minimum atomic E-state index is 0.330. The second-order valence-corrected chi connectivity index (χ2v) is 4.50. The molecule has 0 amide bonds. The summed E-state index contributed by atoms with van der Waals surface area (Å²) in [6.07, 6.45) is 3.48. The Balaban J connectivity index is 2.00. The van der Waals surface area contributed by atoms with Crippen LogP contribution >= 0.6 is 0 Å². The zero-order valence-electron chi connectivity index (χ0n) is 11.1. The van der Waals surface area contributed by atoms with E-state index in [9.17, 15) is 0 Å². The van der Waals surface area contributed by atoms with Gasteiger partial charge in [0.1, 0.15) is 0 Å². The standard InChI is InChI=1S/C13H19N3O2/c1-4-6-14-10(3)8-11-15-13(16-18-11)12-9(2)5-7-17-12/h5,7,10,14H,4,6,8H2,1-3H3. The van der Waals surface area contributed by atoms with Gasteiger partial charge in [0.05, 0.1) is 6.26 Å². The Hall–Kier alpha value is -1.62. The molecular formula is C13H19N3O2. The van der Waals surface area contributed by atoms with Gasteiger partial charge >= 0.3 is 0 Å². The van der Waals surface area contributed by atoms with Crippen LogP contribution in [0.15, 0.2) is 21.3 Å². The van der Waals surface area contributed by atoms with Gasteiger partial charge in [0.2, 0.25) is 11.7 Å².